The molecule has 0 bridgehead atoms. The van der Waals surface area contributed by atoms with E-state index in [0.717, 1.165) is 29.8 Å². The summed E-state index contributed by atoms with van der Waals surface area (Å²) >= 11 is 7.73. The molecule has 2 nitrogen and oxygen atoms in total. The molecule has 0 aromatic carbocycles. The van der Waals surface area contributed by atoms with E-state index in [1.54, 1.807) is 11.3 Å². The third-order valence-electron chi connectivity index (χ3n) is 3.29. The fourth-order valence-corrected chi connectivity index (χ4v) is 3.47. The van der Waals surface area contributed by atoms with Crippen molar-refractivity contribution in [2.45, 2.75) is 45.3 Å². The van der Waals surface area contributed by atoms with Gasteiger partial charge in [-0.1, -0.05) is 18.5 Å². The Morgan fingerprint density at radius 1 is 1.44 bits per heavy atom. The molecule has 0 spiro atoms. The molecule has 1 aromatic rings. The Labute approximate surface area is 119 Å². The van der Waals surface area contributed by atoms with Gasteiger partial charge in [-0.05, 0) is 50.8 Å². The average Bonchev–Trinajstić information content (AvgIpc) is 3.11. The van der Waals surface area contributed by atoms with Crippen LogP contribution in [-0.2, 0) is 4.74 Å². The maximum absolute atomic E-state index is 6.07. The van der Waals surface area contributed by atoms with E-state index in [-0.39, 0.29) is 0 Å². The summed E-state index contributed by atoms with van der Waals surface area (Å²) in [5.74, 6) is 0.722. The highest BCUT2D eigenvalue weighted by Crippen LogP contribution is 2.41. The fraction of sp³-hybridized carbons (Fsp3) is 0.714. The molecule has 0 amide bonds. The van der Waals surface area contributed by atoms with Crippen molar-refractivity contribution in [2.24, 2.45) is 5.92 Å². The van der Waals surface area contributed by atoms with Gasteiger partial charge in [0.05, 0.1) is 16.5 Å². The Morgan fingerprint density at radius 2 is 2.22 bits per heavy atom. The van der Waals surface area contributed by atoms with Crippen LogP contribution in [0.5, 0.6) is 0 Å². The van der Waals surface area contributed by atoms with E-state index < -0.39 is 0 Å². The van der Waals surface area contributed by atoms with E-state index in [4.69, 9.17) is 16.3 Å². The number of thiophene rings is 1. The minimum Gasteiger partial charge on any atom is -0.376 e. The molecule has 1 aliphatic rings. The molecule has 1 heterocycles. The van der Waals surface area contributed by atoms with Crippen LogP contribution < -0.4 is 5.32 Å². The highest BCUT2D eigenvalue weighted by atomic mass is 35.5. The molecule has 2 atom stereocenters. The van der Waals surface area contributed by atoms with Crippen LogP contribution in [0.25, 0.3) is 0 Å². The third kappa shape index (κ3) is 3.70. The Hall–Kier alpha value is -0.0900. The summed E-state index contributed by atoms with van der Waals surface area (Å²) in [7, 11) is 0. The lowest BCUT2D eigenvalue weighted by atomic mass is 10.0. The molecule has 1 fully saturated rings. The number of nitrogens with one attached hydrogen (secondary N) is 1. The summed E-state index contributed by atoms with van der Waals surface area (Å²) in [5, 5.41) is 3.63. The summed E-state index contributed by atoms with van der Waals surface area (Å²) in [5.41, 5.74) is 0. The van der Waals surface area contributed by atoms with Crippen LogP contribution in [0, 0.1) is 5.92 Å². The Balaban J connectivity index is 2.11. The molecular formula is C14H22ClNOS. The first-order valence-corrected chi connectivity index (χ1v) is 8.06. The third-order valence-corrected chi connectivity index (χ3v) is 4.60. The van der Waals surface area contributed by atoms with Crippen LogP contribution in [0.3, 0.4) is 0 Å². The van der Waals surface area contributed by atoms with Gasteiger partial charge in [-0.2, -0.15) is 0 Å². The lowest BCUT2D eigenvalue weighted by Gasteiger charge is -2.27. The lowest BCUT2D eigenvalue weighted by Crippen LogP contribution is -2.35. The van der Waals surface area contributed by atoms with E-state index in [9.17, 15) is 0 Å². The first-order chi connectivity index (χ1) is 8.76. The van der Waals surface area contributed by atoms with Gasteiger partial charge >= 0.3 is 0 Å². The van der Waals surface area contributed by atoms with Gasteiger partial charge in [-0.15, -0.1) is 11.3 Å². The molecule has 1 N–H and O–H groups in total. The molecule has 2 unspecified atom stereocenters. The van der Waals surface area contributed by atoms with Gasteiger partial charge in [0, 0.05) is 11.5 Å². The van der Waals surface area contributed by atoms with Gasteiger partial charge in [0.25, 0.3) is 0 Å². The first-order valence-electron chi connectivity index (χ1n) is 6.86. The van der Waals surface area contributed by atoms with E-state index >= 15 is 0 Å². The summed E-state index contributed by atoms with van der Waals surface area (Å²) in [4.78, 5) is 1.30. The van der Waals surface area contributed by atoms with E-state index in [1.165, 1.54) is 17.7 Å². The smallest absolute Gasteiger partial charge is 0.0931 e. The van der Waals surface area contributed by atoms with Crippen LogP contribution >= 0.6 is 22.9 Å². The largest absolute Gasteiger partial charge is 0.376 e. The lowest BCUT2D eigenvalue weighted by molar-refractivity contribution is 0.0195. The number of halogens is 1. The molecule has 4 heteroatoms. The van der Waals surface area contributed by atoms with Gasteiger partial charge in [0.2, 0.25) is 0 Å². The quantitative estimate of drug-likeness (QED) is 0.771. The maximum atomic E-state index is 6.07. The van der Waals surface area contributed by atoms with Crippen molar-refractivity contribution in [3.8, 4) is 0 Å². The topological polar surface area (TPSA) is 21.3 Å². The van der Waals surface area contributed by atoms with E-state index in [1.807, 2.05) is 6.07 Å². The predicted octanol–water partition coefficient (Wildman–Crippen LogP) is 4.26. The molecule has 18 heavy (non-hydrogen) atoms. The zero-order chi connectivity index (χ0) is 13.0. The maximum Gasteiger partial charge on any atom is 0.0931 e. The molecule has 0 saturated heterocycles. The van der Waals surface area contributed by atoms with Crippen molar-refractivity contribution in [3.05, 3.63) is 21.3 Å². The van der Waals surface area contributed by atoms with Crippen LogP contribution in [0.1, 0.15) is 44.0 Å². The zero-order valence-electron chi connectivity index (χ0n) is 11.1. The van der Waals surface area contributed by atoms with Gasteiger partial charge < -0.3 is 10.1 Å². The average molecular weight is 288 g/mol. The minimum atomic E-state index is 0.301. The van der Waals surface area contributed by atoms with E-state index in [0.29, 0.717) is 12.1 Å². The molecular weight excluding hydrogens is 266 g/mol. The second kappa shape index (κ2) is 6.90. The summed E-state index contributed by atoms with van der Waals surface area (Å²) < 4.78 is 6.85. The Morgan fingerprint density at radius 3 is 2.72 bits per heavy atom. The van der Waals surface area contributed by atoms with Gasteiger partial charge in [0.15, 0.2) is 0 Å². The fourth-order valence-electron chi connectivity index (χ4n) is 2.30. The molecule has 1 saturated carbocycles. The van der Waals surface area contributed by atoms with Crippen LogP contribution in [0.4, 0.5) is 0 Å². The number of hydrogen-bond donors (Lipinski definition) is 1. The number of hydrogen-bond acceptors (Lipinski definition) is 3. The van der Waals surface area contributed by atoms with Crippen molar-refractivity contribution >= 4 is 22.9 Å². The molecule has 0 radical (unpaired) electrons. The van der Waals surface area contributed by atoms with Crippen molar-refractivity contribution < 1.29 is 4.74 Å². The monoisotopic (exact) mass is 287 g/mol. The predicted molar refractivity (Wildman–Crippen MR) is 78.5 cm³/mol. The summed E-state index contributed by atoms with van der Waals surface area (Å²) in [6.45, 7) is 6.08. The zero-order valence-corrected chi connectivity index (χ0v) is 12.7. The second-order valence-corrected chi connectivity index (χ2v) is 6.58. The molecule has 1 aliphatic carbocycles. The van der Waals surface area contributed by atoms with Crippen LogP contribution in [-0.4, -0.2) is 19.3 Å². The van der Waals surface area contributed by atoms with Gasteiger partial charge in [0.1, 0.15) is 0 Å². The Bertz CT molecular complexity index is 364. The van der Waals surface area contributed by atoms with Gasteiger partial charge in [-0.25, -0.2) is 0 Å². The first kappa shape index (κ1) is 14.3. The SMILES string of the molecule is CCCNC(c1ccc(Cl)s1)C(OCC)C1CC1. The van der Waals surface area contributed by atoms with E-state index in [2.05, 4.69) is 25.2 Å². The van der Waals surface area contributed by atoms with Crippen molar-refractivity contribution in [1.29, 1.82) is 0 Å². The molecule has 102 valence electrons. The normalized spacial score (nSPS) is 18.8. The number of ether oxygens (including phenoxy) is 1. The van der Waals surface area contributed by atoms with Crippen LogP contribution in [0.2, 0.25) is 4.34 Å². The Kier molecular flexibility index (Phi) is 5.49. The molecule has 1 aromatic heterocycles. The van der Waals surface area contributed by atoms with Gasteiger partial charge in [-0.3, -0.25) is 0 Å². The summed E-state index contributed by atoms with van der Waals surface area (Å²) in [6, 6.07) is 4.42. The van der Waals surface area contributed by atoms with Crippen molar-refractivity contribution in [3.63, 3.8) is 0 Å². The highest BCUT2D eigenvalue weighted by molar-refractivity contribution is 7.16. The minimum absolute atomic E-state index is 0.301. The molecule has 0 aliphatic heterocycles. The van der Waals surface area contributed by atoms with Crippen molar-refractivity contribution in [1.82, 2.24) is 5.32 Å². The van der Waals surface area contributed by atoms with Crippen molar-refractivity contribution in [2.75, 3.05) is 13.2 Å². The van der Waals surface area contributed by atoms with Crippen LogP contribution in [0.15, 0.2) is 12.1 Å². The summed E-state index contributed by atoms with van der Waals surface area (Å²) in [6.07, 6.45) is 4.04. The molecule has 2 rings (SSSR count). The second-order valence-electron chi connectivity index (χ2n) is 4.83. The number of rotatable bonds is 8. The standard InChI is InChI=1S/C14H22ClNOS/c1-3-9-16-13(11-7-8-12(15)18-11)14(17-4-2)10-5-6-10/h7-8,10,13-14,16H,3-6,9H2,1-2H3. The highest BCUT2D eigenvalue weighted by Gasteiger charge is 2.38.